The van der Waals surface area contributed by atoms with Crippen LogP contribution in [0.1, 0.15) is 133 Å². The molecule has 0 N–H and O–H groups in total. The van der Waals surface area contributed by atoms with Crippen LogP contribution in [0, 0.1) is 11.8 Å². The van der Waals surface area contributed by atoms with Gasteiger partial charge in [0.25, 0.3) is 0 Å². The highest BCUT2D eigenvalue weighted by molar-refractivity contribution is 5.64. The zero-order chi connectivity index (χ0) is 22.9. The van der Waals surface area contributed by atoms with Gasteiger partial charge in [-0.05, 0) is 97.3 Å². The predicted molar refractivity (Wildman–Crippen MR) is 145 cm³/mol. The lowest BCUT2D eigenvalue weighted by atomic mass is 9.76. The first-order valence-corrected chi connectivity index (χ1v) is 14.5. The SMILES string of the molecule is CCCCCCCC1CCC(c2ccc(-c3ccc(C4CCC(CC)CC4)cc3)cc2)CC1. The van der Waals surface area contributed by atoms with Crippen molar-refractivity contribution in [2.24, 2.45) is 11.8 Å². The predicted octanol–water partition coefficient (Wildman–Crippen LogP) is 10.7. The Labute approximate surface area is 204 Å². The molecule has 2 aromatic rings. The lowest BCUT2D eigenvalue weighted by Gasteiger charge is -2.29. The van der Waals surface area contributed by atoms with Crippen molar-refractivity contribution in [3.8, 4) is 11.1 Å². The largest absolute Gasteiger partial charge is 0.0654 e. The maximum atomic E-state index is 2.42. The van der Waals surface area contributed by atoms with Crippen LogP contribution < -0.4 is 0 Å². The van der Waals surface area contributed by atoms with E-state index in [-0.39, 0.29) is 0 Å². The van der Waals surface area contributed by atoms with E-state index in [4.69, 9.17) is 0 Å². The second kappa shape index (κ2) is 12.8. The van der Waals surface area contributed by atoms with Gasteiger partial charge in [0.05, 0.1) is 0 Å². The Kier molecular flexibility index (Phi) is 9.51. The molecule has 0 amide bonds. The summed E-state index contributed by atoms with van der Waals surface area (Å²) in [5.41, 5.74) is 5.89. The van der Waals surface area contributed by atoms with E-state index in [0.717, 1.165) is 23.7 Å². The molecule has 0 heteroatoms. The minimum absolute atomic E-state index is 0.788. The summed E-state index contributed by atoms with van der Waals surface area (Å²) in [6, 6.07) is 19.1. The molecule has 2 aliphatic rings. The molecule has 2 aliphatic carbocycles. The Bertz CT molecular complexity index is 783. The van der Waals surface area contributed by atoms with E-state index >= 15 is 0 Å². The van der Waals surface area contributed by atoms with Crippen LogP contribution in [0.4, 0.5) is 0 Å². The molecule has 180 valence electrons. The molecule has 4 rings (SSSR count). The third-order valence-electron chi connectivity index (χ3n) is 9.08. The first kappa shape index (κ1) is 24.6. The molecule has 0 bridgehead atoms. The van der Waals surface area contributed by atoms with Crippen molar-refractivity contribution in [3.05, 3.63) is 59.7 Å². The van der Waals surface area contributed by atoms with Crippen LogP contribution in [0.2, 0.25) is 0 Å². The fourth-order valence-corrected chi connectivity index (χ4v) is 6.62. The van der Waals surface area contributed by atoms with E-state index in [2.05, 4.69) is 62.4 Å². The van der Waals surface area contributed by atoms with Gasteiger partial charge in [0.2, 0.25) is 0 Å². The number of hydrogen-bond donors (Lipinski definition) is 0. The first-order chi connectivity index (χ1) is 16.3. The normalized spacial score (nSPS) is 25.8. The van der Waals surface area contributed by atoms with Gasteiger partial charge in [0.1, 0.15) is 0 Å². The number of hydrogen-bond acceptors (Lipinski definition) is 0. The van der Waals surface area contributed by atoms with Crippen molar-refractivity contribution < 1.29 is 0 Å². The summed E-state index contributed by atoms with van der Waals surface area (Å²) in [6.07, 6.45) is 21.3. The molecule has 2 aromatic carbocycles. The molecular formula is C33H48. The van der Waals surface area contributed by atoms with E-state index in [0.29, 0.717) is 0 Å². The van der Waals surface area contributed by atoms with Crippen LogP contribution in [0.25, 0.3) is 11.1 Å². The maximum Gasteiger partial charge on any atom is -0.0162 e. The van der Waals surface area contributed by atoms with Crippen LogP contribution in [0.15, 0.2) is 48.5 Å². The zero-order valence-electron chi connectivity index (χ0n) is 21.5. The maximum absolute atomic E-state index is 2.42. The molecule has 0 aromatic heterocycles. The summed E-state index contributed by atoms with van der Waals surface area (Å²) in [4.78, 5) is 0. The molecule has 0 spiro atoms. The summed E-state index contributed by atoms with van der Waals surface area (Å²) < 4.78 is 0. The lowest BCUT2D eigenvalue weighted by molar-refractivity contribution is 0.302. The molecule has 0 radical (unpaired) electrons. The van der Waals surface area contributed by atoms with Crippen LogP contribution in [-0.4, -0.2) is 0 Å². The molecule has 0 nitrogen and oxygen atoms in total. The number of rotatable bonds is 10. The van der Waals surface area contributed by atoms with E-state index in [1.807, 2.05) is 0 Å². The third kappa shape index (κ3) is 6.97. The van der Waals surface area contributed by atoms with Crippen molar-refractivity contribution in [3.63, 3.8) is 0 Å². The topological polar surface area (TPSA) is 0 Å². The van der Waals surface area contributed by atoms with Crippen LogP contribution in [0.5, 0.6) is 0 Å². The third-order valence-corrected chi connectivity index (χ3v) is 9.08. The number of unbranched alkanes of at least 4 members (excludes halogenated alkanes) is 4. The van der Waals surface area contributed by atoms with Gasteiger partial charge in [0.15, 0.2) is 0 Å². The average Bonchev–Trinajstić information content (AvgIpc) is 2.89. The summed E-state index contributed by atoms with van der Waals surface area (Å²) in [5, 5.41) is 0. The van der Waals surface area contributed by atoms with Gasteiger partial charge < -0.3 is 0 Å². The number of benzene rings is 2. The van der Waals surface area contributed by atoms with Crippen molar-refractivity contribution in [1.29, 1.82) is 0 Å². The van der Waals surface area contributed by atoms with Gasteiger partial charge in [-0.25, -0.2) is 0 Å². The second-order valence-electron chi connectivity index (χ2n) is 11.3. The Morgan fingerprint density at radius 1 is 0.515 bits per heavy atom. The summed E-state index contributed by atoms with van der Waals surface area (Å²) in [7, 11) is 0. The van der Waals surface area contributed by atoms with Crippen molar-refractivity contribution in [2.45, 2.75) is 122 Å². The fourth-order valence-electron chi connectivity index (χ4n) is 6.62. The molecule has 0 aliphatic heterocycles. The minimum atomic E-state index is 0.788. The lowest BCUT2D eigenvalue weighted by Crippen LogP contribution is -2.13. The fraction of sp³-hybridized carbons (Fsp3) is 0.636. The molecule has 0 atom stereocenters. The standard InChI is InChI=1S/C33H48/c1-3-5-6-7-8-9-27-12-16-29(17-13-27)31-20-24-33(25-21-31)32-22-18-30(19-23-32)28-14-10-26(4-2)11-15-28/h18-29H,3-17H2,1-2H3. The molecule has 0 saturated heterocycles. The first-order valence-electron chi connectivity index (χ1n) is 14.5. The Morgan fingerprint density at radius 3 is 1.42 bits per heavy atom. The van der Waals surface area contributed by atoms with E-state index in [9.17, 15) is 0 Å². The van der Waals surface area contributed by atoms with Gasteiger partial charge in [-0.2, -0.15) is 0 Å². The van der Waals surface area contributed by atoms with Crippen molar-refractivity contribution in [1.82, 2.24) is 0 Å². The summed E-state index contributed by atoms with van der Waals surface area (Å²) >= 11 is 0. The Balaban J connectivity index is 1.25. The van der Waals surface area contributed by atoms with E-state index in [1.165, 1.54) is 107 Å². The molecule has 2 saturated carbocycles. The van der Waals surface area contributed by atoms with Gasteiger partial charge in [-0.1, -0.05) is 107 Å². The van der Waals surface area contributed by atoms with Crippen LogP contribution >= 0.6 is 0 Å². The molecule has 0 unspecified atom stereocenters. The van der Waals surface area contributed by atoms with Gasteiger partial charge in [0, 0.05) is 0 Å². The molecular weight excluding hydrogens is 396 g/mol. The zero-order valence-corrected chi connectivity index (χ0v) is 21.5. The van der Waals surface area contributed by atoms with Gasteiger partial charge in [-0.3, -0.25) is 0 Å². The Hall–Kier alpha value is -1.56. The van der Waals surface area contributed by atoms with Crippen molar-refractivity contribution >= 4 is 0 Å². The quantitative estimate of drug-likeness (QED) is 0.320. The molecule has 33 heavy (non-hydrogen) atoms. The van der Waals surface area contributed by atoms with Crippen LogP contribution in [0.3, 0.4) is 0 Å². The molecule has 0 heterocycles. The second-order valence-corrected chi connectivity index (χ2v) is 11.3. The summed E-state index contributed by atoms with van der Waals surface area (Å²) in [6.45, 7) is 4.66. The minimum Gasteiger partial charge on any atom is -0.0654 e. The van der Waals surface area contributed by atoms with E-state index < -0.39 is 0 Å². The average molecular weight is 445 g/mol. The van der Waals surface area contributed by atoms with Gasteiger partial charge >= 0.3 is 0 Å². The smallest absolute Gasteiger partial charge is 0.0162 e. The highest BCUT2D eigenvalue weighted by Gasteiger charge is 2.23. The van der Waals surface area contributed by atoms with E-state index in [1.54, 1.807) is 11.1 Å². The monoisotopic (exact) mass is 444 g/mol. The highest BCUT2D eigenvalue weighted by Crippen LogP contribution is 2.39. The highest BCUT2D eigenvalue weighted by atomic mass is 14.3. The van der Waals surface area contributed by atoms with Crippen LogP contribution in [-0.2, 0) is 0 Å². The summed E-state index contributed by atoms with van der Waals surface area (Å²) in [5.74, 6) is 3.55. The van der Waals surface area contributed by atoms with Crippen molar-refractivity contribution in [2.75, 3.05) is 0 Å². The Morgan fingerprint density at radius 2 is 0.970 bits per heavy atom. The van der Waals surface area contributed by atoms with Gasteiger partial charge in [-0.15, -0.1) is 0 Å². The molecule has 2 fully saturated rings.